The molecule has 2 N–H and O–H groups in total. The van der Waals surface area contributed by atoms with Crippen molar-refractivity contribution in [3.05, 3.63) is 29.5 Å². The Labute approximate surface area is 204 Å². The first-order valence-electron chi connectivity index (χ1n) is 12.7. The van der Waals surface area contributed by atoms with Gasteiger partial charge in [-0.2, -0.15) is 0 Å². The second kappa shape index (κ2) is 10.8. The van der Waals surface area contributed by atoms with Crippen LogP contribution in [0.25, 0.3) is 0 Å². The maximum Gasteiger partial charge on any atom is 0.233 e. The number of nitrogens with zero attached hydrogens (tertiary/aromatic N) is 1. The van der Waals surface area contributed by atoms with E-state index in [4.69, 9.17) is 0 Å². The number of hydrogen-bond acceptors (Lipinski definition) is 5. The second-order valence-electron chi connectivity index (χ2n) is 11.1. The molecule has 7 nitrogen and oxygen atoms in total. The number of amides is 1. The highest BCUT2D eigenvalue weighted by atomic mass is 32.2. The van der Waals surface area contributed by atoms with Crippen LogP contribution in [0.2, 0.25) is 0 Å². The van der Waals surface area contributed by atoms with Crippen LogP contribution >= 0.6 is 0 Å². The molecule has 190 valence electrons. The lowest BCUT2D eigenvalue weighted by atomic mass is 9.84. The van der Waals surface area contributed by atoms with Crippen LogP contribution in [0.15, 0.2) is 23.8 Å². The average molecular weight is 492 g/mol. The molecular weight excluding hydrogens is 450 g/mol. The number of carbonyl (C=O) groups excluding carboxylic acids is 2. The summed E-state index contributed by atoms with van der Waals surface area (Å²) >= 11 is 0. The molecule has 0 saturated heterocycles. The van der Waals surface area contributed by atoms with Crippen molar-refractivity contribution >= 4 is 21.5 Å². The van der Waals surface area contributed by atoms with E-state index in [1.807, 2.05) is 0 Å². The summed E-state index contributed by atoms with van der Waals surface area (Å²) in [5.41, 5.74) is 1.85. The van der Waals surface area contributed by atoms with Crippen molar-refractivity contribution in [2.24, 2.45) is 11.8 Å². The number of Topliss-reactive ketones (excluding diaryl/α,β-unsaturated/α-hetero) is 1. The van der Waals surface area contributed by atoms with Gasteiger partial charge in [0.25, 0.3) is 0 Å². The molecule has 2 fully saturated rings. The van der Waals surface area contributed by atoms with Crippen LogP contribution in [0.5, 0.6) is 0 Å². The number of sulfone groups is 1. The van der Waals surface area contributed by atoms with Crippen molar-refractivity contribution in [1.82, 2.24) is 15.3 Å². The summed E-state index contributed by atoms with van der Waals surface area (Å²) in [4.78, 5) is 33.3. The van der Waals surface area contributed by atoms with E-state index in [-0.39, 0.29) is 11.8 Å². The number of rotatable bonds is 10. The van der Waals surface area contributed by atoms with Gasteiger partial charge >= 0.3 is 0 Å². The molecule has 2 aliphatic carbocycles. The van der Waals surface area contributed by atoms with E-state index in [0.29, 0.717) is 17.3 Å². The minimum atomic E-state index is -3.90. The fourth-order valence-corrected chi connectivity index (χ4v) is 6.62. The molecule has 0 radical (unpaired) electrons. The van der Waals surface area contributed by atoms with Gasteiger partial charge in [0.1, 0.15) is 0 Å². The molecule has 34 heavy (non-hydrogen) atoms. The Bertz CT molecular complexity index is 995. The fraction of sp³-hybridized carbons (Fsp3) is 0.731. The maximum absolute atomic E-state index is 13.6. The number of H-pyrrole nitrogens is 1. The Morgan fingerprint density at radius 2 is 1.79 bits per heavy atom. The van der Waals surface area contributed by atoms with E-state index in [9.17, 15) is 18.0 Å². The summed E-state index contributed by atoms with van der Waals surface area (Å²) in [7, 11) is -3.90. The molecule has 2 saturated carbocycles. The zero-order valence-electron chi connectivity index (χ0n) is 21.3. The zero-order chi connectivity index (χ0) is 25.1. The van der Waals surface area contributed by atoms with Crippen molar-refractivity contribution in [3.8, 4) is 0 Å². The van der Waals surface area contributed by atoms with Crippen molar-refractivity contribution in [2.75, 3.05) is 0 Å². The molecule has 1 heterocycles. The van der Waals surface area contributed by atoms with E-state index >= 15 is 0 Å². The van der Waals surface area contributed by atoms with Crippen LogP contribution in [0.4, 0.5) is 0 Å². The number of aromatic amines is 1. The van der Waals surface area contributed by atoms with Crippen LogP contribution in [0, 0.1) is 11.8 Å². The lowest BCUT2D eigenvalue weighted by molar-refractivity contribution is -0.121. The lowest BCUT2D eigenvalue weighted by Gasteiger charge is -2.30. The molecule has 1 aromatic rings. The average Bonchev–Trinajstić information content (AvgIpc) is 3.45. The van der Waals surface area contributed by atoms with Crippen LogP contribution in [0.1, 0.15) is 104 Å². The van der Waals surface area contributed by atoms with Gasteiger partial charge in [-0.1, -0.05) is 32.1 Å². The van der Waals surface area contributed by atoms with Crippen LogP contribution in [0.3, 0.4) is 0 Å². The van der Waals surface area contributed by atoms with Crippen LogP contribution in [-0.2, 0) is 19.4 Å². The fourth-order valence-electron chi connectivity index (χ4n) is 4.95. The van der Waals surface area contributed by atoms with Gasteiger partial charge in [0, 0.05) is 11.9 Å². The van der Waals surface area contributed by atoms with Crippen molar-refractivity contribution in [1.29, 1.82) is 0 Å². The van der Waals surface area contributed by atoms with E-state index in [1.54, 1.807) is 33.9 Å². The molecule has 2 atom stereocenters. The van der Waals surface area contributed by atoms with E-state index < -0.39 is 31.5 Å². The minimum Gasteiger partial charge on any atom is -0.351 e. The first-order chi connectivity index (χ1) is 15.9. The number of imidazole rings is 1. The Morgan fingerprint density at radius 3 is 2.29 bits per heavy atom. The second-order valence-corrected chi connectivity index (χ2v) is 13.9. The third kappa shape index (κ3) is 6.18. The van der Waals surface area contributed by atoms with Gasteiger partial charge in [-0.25, -0.2) is 13.4 Å². The van der Waals surface area contributed by atoms with Crippen molar-refractivity contribution < 1.29 is 18.0 Å². The largest absolute Gasteiger partial charge is 0.351 e. The predicted octanol–water partition coefficient (Wildman–Crippen LogP) is 4.82. The normalized spacial score (nSPS) is 20.4. The third-order valence-electron chi connectivity index (χ3n) is 7.37. The summed E-state index contributed by atoms with van der Waals surface area (Å²) in [6.07, 6.45) is 13.0. The number of hydrogen-bond donors (Lipinski definition) is 2. The van der Waals surface area contributed by atoms with E-state index in [0.717, 1.165) is 31.3 Å². The number of ketones is 1. The monoisotopic (exact) mass is 491 g/mol. The molecule has 0 aliphatic heterocycles. The smallest absolute Gasteiger partial charge is 0.233 e. The molecule has 3 rings (SSSR count). The standard InChI is InChI=1S/C26H41N3O4S/c1-17(22-15-27-16-28-22)25(31)29-23(24(18(2)30)34(32,33)26(3,4)5)21(20-12-13-20)14-11-19-9-7-6-8-10-19/h15-17,19-20,24H,6-14H2,1-5H3,(H,27,28)(H,29,31)/t17-,24+/m0/s1. The summed E-state index contributed by atoms with van der Waals surface area (Å²) in [5.74, 6) is -0.513. The van der Waals surface area contributed by atoms with Gasteiger partial charge < -0.3 is 10.3 Å². The first-order valence-corrected chi connectivity index (χ1v) is 14.2. The molecule has 8 heteroatoms. The summed E-state index contributed by atoms with van der Waals surface area (Å²) in [6, 6.07) is 0. The highest BCUT2D eigenvalue weighted by Gasteiger charge is 2.45. The summed E-state index contributed by atoms with van der Waals surface area (Å²) in [6.45, 7) is 7.90. The Kier molecular flexibility index (Phi) is 8.43. The van der Waals surface area contributed by atoms with Gasteiger partial charge in [0.2, 0.25) is 5.91 Å². The summed E-state index contributed by atoms with van der Waals surface area (Å²) < 4.78 is 26.2. The number of allylic oxidation sites excluding steroid dienone is 1. The van der Waals surface area contributed by atoms with Gasteiger partial charge in [0.15, 0.2) is 20.9 Å². The van der Waals surface area contributed by atoms with Gasteiger partial charge in [-0.3, -0.25) is 9.59 Å². The molecule has 0 bridgehead atoms. The number of carbonyl (C=O) groups is 2. The quantitative estimate of drug-likeness (QED) is 0.487. The number of nitrogens with one attached hydrogen (secondary N) is 2. The summed E-state index contributed by atoms with van der Waals surface area (Å²) in [5, 5.41) is 1.59. The highest BCUT2D eigenvalue weighted by Crippen LogP contribution is 2.43. The van der Waals surface area contributed by atoms with Crippen LogP contribution < -0.4 is 5.32 Å². The molecular formula is C26H41N3O4S. The van der Waals surface area contributed by atoms with E-state index in [2.05, 4.69) is 15.3 Å². The third-order valence-corrected chi connectivity index (χ3v) is 10.3. The Morgan fingerprint density at radius 1 is 1.15 bits per heavy atom. The van der Waals surface area contributed by atoms with E-state index in [1.165, 1.54) is 45.4 Å². The predicted molar refractivity (Wildman–Crippen MR) is 134 cm³/mol. The highest BCUT2D eigenvalue weighted by molar-refractivity contribution is 7.94. The van der Waals surface area contributed by atoms with Gasteiger partial charge in [0.05, 0.1) is 22.7 Å². The maximum atomic E-state index is 13.6. The Hall–Kier alpha value is -1.96. The molecule has 0 unspecified atom stereocenters. The van der Waals surface area contributed by atoms with Gasteiger partial charge in [-0.05, 0) is 77.7 Å². The van der Waals surface area contributed by atoms with Crippen molar-refractivity contribution in [3.63, 3.8) is 0 Å². The zero-order valence-corrected chi connectivity index (χ0v) is 22.1. The molecule has 1 amide bonds. The number of aromatic nitrogens is 2. The minimum absolute atomic E-state index is 0.233. The van der Waals surface area contributed by atoms with Gasteiger partial charge in [-0.15, -0.1) is 0 Å². The Balaban J connectivity index is 2.02. The van der Waals surface area contributed by atoms with Crippen molar-refractivity contribution in [2.45, 2.75) is 108 Å². The van der Waals surface area contributed by atoms with Crippen LogP contribution in [-0.4, -0.2) is 40.1 Å². The molecule has 2 aliphatic rings. The SMILES string of the molecule is CC(=O)[C@H](C(NC(=O)[C@@H](C)c1c[nH]cn1)=C(CCC1CCCCC1)C1CC1)S(=O)(=O)C(C)(C)C. The molecule has 0 aromatic carbocycles. The first kappa shape index (κ1) is 26.6. The molecule has 1 aromatic heterocycles. The topological polar surface area (TPSA) is 109 Å². The lowest BCUT2D eigenvalue weighted by Crippen LogP contribution is -2.47. The molecule has 0 spiro atoms.